The van der Waals surface area contributed by atoms with E-state index in [0.717, 1.165) is 0 Å². The maximum absolute atomic E-state index is 12.3. The van der Waals surface area contributed by atoms with Crippen LogP contribution in [0.25, 0.3) is 0 Å². The van der Waals surface area contributed by atoms with Crippen molar-refractivity contribution in [1.29, 1.82) is 0 Å². The van der Waals surface area contributed by atoms with E-state index in [1.807, 2.05) is 11.0 Å². The predicted molar refractivity (Wildman–Crippen MR) is 73.8 cm³/mol. The molecule has 104 valence electrons. The Morgan fingerprint density at radius 2 is 1.68 bits per heavy atom. The maximum atomic E-state index is 12.3. The fourth-order valence-corrected chi connectivity index (χ4v) is 3.24. The summed E-state index contributed by atoms with van der Waals surface area (Å²) in [6, 6.07) is 6.95. The van der Waals surface area contributed by atoms with Gasteiger partial charge in [-0.05, 0) is 12.1 Å². The highest BCUT2D eigenvalue weighted by Gasteiger charge is 2.25. The van der Waals surface area contributed by atoms with E-state index < -0.39 is 10.0 Å². The van der Waals surface area contributed by atoms with Crippen molar-refractivity contribution in [2.45, 2.75) is 17.7 Å². The molecule has 0 aromatic heterocycles. The third-order valence-electron chi connectivity index (χ3n) is 3.29. The normalized spacial score (nSPS) is 17.0. The second kappa shape index (κ2) is 5.30. The van der Waals surface area contributed by atoms with Crippen LogP contribution in [0.1, 0.15) is 12.8 Å². The summed E-state index contributed by atoms with van der Waals surface area (Å²) >= 11 is 0. The molecule has 0 unspecified atom stereocenters. The van der Waals surface area contributed by atoms with Gasteiger partial charge in [-0.2, -0.15) is 0 Å². The van der Waals surface area contributed by atoms with Gasteiger partial charge in [0.2, 0.25) is 10.0 Å². The lowest BCUT2D eigenvalue weighted by Crippen LogP contribution is -2.35. The van der Waals surface area contributed by atoms with Crippen LogP contribution >= 0.6 is 0 Å². The monoisotopic (exact) mass is 282 g/mol. The van der Waals surface area contributed by atoms with Crippen molar-refractivity contribution < 1.29 is 13.2 Å². The molecule has 0 amide bonds. The number of carbonyl (C=O) groups is 1. The number of carbonyl (C=O) groups excluding carboxylic acids is 1. The second-order valence-electron chi connectivity index (χ2n) is 4.78. The van der Waals surface area contributed by atoms with Gasteiger partial charge >= 0.3 is 0 Å². The van der Waals surface area contributed by atoms with Crippen LogP contribution in [0.2, 0.25) is 0 Å². The number of nitrogens with zero attached hydrogens (tertiary/aromatic N) is 2. The van der Waals surface area contributed by atoms with E-state index in [4.69, 9.17) is 0 Å². The van der Waals surface area contributed by atoms with Gasteiger partial charge in [-0.1, -0.05) is 12.1 Å². The predicted octanol–water partition coefficient (Wildman–Crippen LogP) is 1.11. The summed E-state index contributed by atoms with van der Waals surface area (Å²) in [5, 5.41) is 0. The number of ketones is 1. The molecule has 6 heteroatoms. The minimum absolute atomic E-state index is 0.240. The molecule has 1 fully saturated rings. The number of hydrogen-bond donors (Lipinski definition) is 0. The minimum atomic E-state index is -3.46. The van der Waals surface area contributed by atoms with Crippen molar-refractivity contribution in [2.75, 3.05) is 32.1 Å². The zero-order valence-corrected chi connectivity index (χ0v) is 12.0. The van der Waals surface area contributed by atoms with E-state index in [0.29, 0.717) is 36.5 Å². The molecule has 1 aliphatic heterocycles. The Hall–Kier alpha value is -1.40. The van der Waals surface area contributed by atoms with Gasteiger partial charge in [0.15, 0.2) is 0 Å². The first-order valence-corrected chi connectivity index (χ1v) is 7.65. The van der Waals surface area contributed by atoms with Gasteiger partial charge < -0.3 is 4.90 Å². The summed E-state index contributed by atoms with van der Waals surface area (Å²) in [5.41, 5.74) is 0.684. The minimum Gasteiger partial charge on any atom is -0.370 e. The first kappa shape index (κ1) is 14.0. The van der Waals surface area contributed by atoms with Crippen LogP contribution in [0, 0.1) is 0 Å². The van der Waals surface area contributed by atoms with Crippen molar-refractivity contribution in [2.24, 2.45) is 0 Å². The van der Waals surface area contributed by atoms with Gasteiger partial charge in [0.1, 0.15) is 10.7 Å². The van der Waals surface area contributed by atoms with E-state index in [2.05, 4.69) is 0 Å². The Kier molecular flexibility index (Phi) is 3.91. The van der Waals surface area contributed by atoms with Gasteiger partial charge in [-0.25, -0.2) is 12.7 Å². The Labute approximate surface area is 113 Å². The van der Waals surface area contributed by atoms with Crippen LogP contribution in [-0.4, -0.2) is 45.7 Å². The smallest absolute Gasteiger partial charge is 0.244 e. The number of anilines is 1. The molecule has 0 atom stereocenters. The Morgan fingerprint density at radius 3 is 2.26 bits per heavy atom. The van der Waals surface area contributed by atoms with Gasteiger partial charge in [0.05, 0.1) is 5.69 Å². The number of sulfonamides is 1. The highest BCUT2D eigenvalue weighted by atomic mass is 32.2. The van der Waals surface area contributed by atoms with Crippen molar-refractivity contribution in [3.05, 3.63) is 24.3 Å². The van der Waals surface area contributed by atoms with Crippen molar-refractivity contribution in [1.82, 2.24) is 4.31 Å². The Balaban J connectivity index is 2.40. The number of piperidine rings is 1. The van der Waals surface area contributed by atoms with Gasteiger partial charge in [-0.15, -0.1) is 0 Å². The third-order valence-corrected chi connectivity index (χ3v) is 5.15. The topological polar surface area (TPSA) is 57.7 Å². The van der Waals surface area contributed by atoms with Crippen LogP contribution < -0.4 is 4.90 Å². The quantitative estimate of drug-likeness (QED) is 0.833. The van der Waals surface area contributed by atoms with E-state index in [1.54, 1.807) is 18.2 Å². The zero-order valence-electron chi connectivity index (χ0n) is 11.2. The fraction of sp³-hybridized carbons (Fsp3) is 0.462. The molecule has 0 saturated carbocycles. The second-order valence-corrected chi connectivity index (χ2v) is 6.90. The summed E-state index contributed by atoms with van der Waals surface area (Å²) in [6.45, 7) is 1.16. The molecule has 2 rings (SSSR count). The molecular weight excluding hydrogens is 264 g/mol. The van der Waals surface area contributed by atoms with Gasteiger partial charge in [0, 0.05) is 40.0 Å². The summed E-state index contributed by atoms with van der Waals surface area (Å²) in [7, 11) is -0.424. The van der Waals surface area contributed by atoms with Crippen LogP contribution in [0.15, 0.2) is 29.2 Å². The number of hydrogen-bond acceptors (Lipinski definition) is 4. The standard InChI is InChI=1S/C13H18N2O3S/c1-14(2)19(17,18)13-6-4-3-5-12(13)15-9-7-11(16)8-10-15/h3-6H,7-10H2,1-2H3. The fourth-order valence-electron chi connectivity index (χ4n) is 2.13. The lowest BCUT2D eigenvalue weighted by Gasteiger charge is -2.30. The molecule has 1 aromatic rings. The molecule has 1 aromatic carbocycles. The summed E-state index contributed by atoms with van der Waals surface area (Å²) in [4.78, 5) is 13.5. The number of benzene rings is 1. The van der Waals surface area contributed by atoms with Gasteiger partial charge in [-0.3, -0.25) is 4.79 Å². The van der Waals surface area contributed by atoms with Crippen LogP contribution in [0.3, 0.4) is 0 Å². The Morgan fingerprint density at radius 1 is 1.11 bits per heavy atom. The zero-order chi connectivity index (χ0) is 14.0. The molecule has 0 N–H and O–H groups in total. The van der Waals surface area contributed by atoms with E-state index >= 15 is 0 Å². The first-order valence-electron chi connectivity index (χ1n) is 6.21. The van der Waals surface area contributed by atoms with Crippen molar-refractivity contribution >= 4 is 21.5 Å². The average Bonchev–Trinajstić information content (AvgIpc) is 2.39. The average molecular weight is 282 g/mol. The van der Waals surface area contributed by atoms with Crippen LogP contribution in [-0.2, 0) is 14.8 Å². The molecule has 0 radical (unpaired) electrons. The van der Waals surface area contributed by atoms with E-state index in [-0.39, 0.29) is 5.78 Å². The lowest BCUT2D eigenvalue weighted by atomic mass is 10.1. The number of rotatable bonds is 3. The molecule has 0 bridgehead atoms. The molecule has 5 nitrogen and oxygen atoms in total. The molecule has 1 saturated heterocycles. The van der Waals surface area contributed by atoms with Crippen LogP contribution in [0.5, 0.6) is 0 Å². The SMILES string of the molecule is CN(C)S(=O)(=O)c1ccccc1N1CCC(=O)CC1. The summed E-state index contributed by atoms with van der Waals surface area (Å²) in [5.74, 6) is 0.240. The largest absolute Gasteiger partial charge is 0.370 e. The summed E-state index contributed by atoms with van der Waals surface area (Å²) < 4.78 is 25.8. The third kappa shape index (κ3) is 2.79. The number of para-hydroxylation sites is 1. The molecule has 1 heterocycles. The van der Waals surface area contributed by atoms with Gasteiger partial charge in [0.25, 0.3) is 0 Å². The molecule has 0 aliphatic carbocycles. The highest BCUT2D eigenvalue weighted by Crippen LogP contribution is 2.28. The summed E-state index contributed by atoms with van der Waals surface area (Å²) in [6.07, 6.45) is 0.965. The first-order chi connectivity index (χ1) is 8.93. The van der Waals surface area contributed by atoms with Crippen molar-refractivity contribution in [3.8, 4) is 0 Å². The maximum Gasteiger partial charge on any atom is 0.244 e. The van der Waals surface area contributed by atoms with E-state index in [1.165, 1.54) is 18.4 Å². The van der Waals surface area contributed by atoms with Crippen LogP contribution in [0.4, 0.5) is 5.69 Å². The lowest BCUT2D eigenvalue weighted by molar-refractivity contribution is -0.119. The Bertz CT molecular complexity index is 571. The highest BCUT2D eigenvalue weighted by molar-refractivity contribution is 7.89. The molecule has 1 aliphatic rings. The molecule has 19 heavy (non-hydrogen) atoms. The molecular formula is C13H18N2O3S. The van der Waals surface area contributed by atoms with E-state index in [9.17, 15) is 13.2 Å². The molecule has 0 spiro atoms. The number of Topliss-reactive ketones (excluding diaryl/α,β-unsaturated/α-hetero) is 1. The van der Waals surface area contributed by atoms with Crippen molar-refractivity contribution in [3.63, 3.8) is 0 Å².